The zero-order valence-corrected chi connectivity index (χ0v) is 14.7. The molecular formula is C13H20Br2N2S. The number of halogens is 2. The maximum atomic E-state index is 3.57. The molecule has 0 radical (unpaired) electrons. The van der Waals surface area contributed by atoms with Gasteiger partial charge in [-0.25, -0.2) is 0 Å². The van der Waals surface area contributed by atoms with Crippen LogP contribution >= 0.6 is 43.2 Å². The molecule has 2 heterocycles. The molecule has 102 valence electrons. The molecule has 1 unspecified atom stereocenters. The Kier molecular flexibility index (Phi) is 6.15. The van der Waals surface area contributed by atoms with Crippen molar-refractivity contribution < 1.29 is 0 Å². The molecule has 2 nitrogen and oxygen atoms in total. The predicted molar refractivity (Wildman–Crippen MR) is 86.3 cm³/mol. The van der Waals surface area contributed by atoms with Gasteiger partial charge in [-0.05, 0) is 70.8 Å². The Hall–Kier alpha value is 0.580. The van der Waals surface area contributed by atoms with E-state index in [2.05, 4.69) is 55.1 Å². The van der Waals surface area contributed by atoms with Crippen molar-refractivity contribution in [3.63, 3.8) is 0 Å². The third-order valence-electron chi connectivity index (χ3n) is 3.45. The van der Waals surface area contributed by atoms with Crippen molar-refractivity contribution in [2.75, 3.05) is 19.6 Å². The Morgan fingerprint density at radius 2 is 2.06 bits per heavy atom. The molecule has 0 spiro atoms. The summed E-state index contributed by atoms with van der Waals surface area (Å²) in [6, 6.07) is 2.84. The van der Waals surface area contributed by atoms with E-state index in [0.717, 1.165) is 17.6 Å². The van der Waals surface area contributed by atoms with Gasteiger partial charge < -0.3 is 5.32 Å². The number of thiophene rings is 1. The Bertz CT molecular complexity index is 356. The van der Waals surface area contributed by atoms with E-state index in [1.54, 1.807) is 11.3 Å². The van der Waals surface area contributed by atoms with Gasteiger partial charge in [0.1, 0.15) is 0 Å². The summed E-state index contributed by atoms with van der Waals surface area (Å²) in [7, 11) is 0. The van der Waals surface area contributed by atoms with Crippen molar-refractivity contribution in [3.05, 3.63) is 19.2 Å². The molecule has 0 saturated carbocycles. The molecule has 5 heteroatoms. The van der Waals surface area contributed by atoms with Crippen LogP contribution in [0.15, 0.2) is 14.3 Å². The molecule has 2 rings (SSSR count). The second-order valence-corrected chi connectivity index (χ2v) is 8.22. The van der Waals surface area contributed by atoms with E-state index in [0.29, 0.717) is 6.04 Å². The van der Waals surface area contributed by atoms with E-state index < -0.39 is 0 Å². The molecule has 0 aliphatic carbocycles. The Balaban J connectivity index is 1.71. The third-order valence-corrected chi connectivity index (χ3v) is 6.71. The van der Waals surface area contributed by atoms with Gasteiger partial charge in [0.05, 0.1) is 3.79 Å². The maximum absolute atomic E-state index is 3.57. The van der Waals surface area contributed by atoms with Crippen LogP contribution in [0.4, 0.5) is 0 Å². The molecule has 0 aromatic carbocycles. The van der Waals surface area contributed by atoms with Crippen molar-refractivity contribution >= 4 is 43.2 Å². The zero-order chi connectivity index (χ0) is 13.0. The van der Waals surface area contributed by atoms with Crippen molar-refractivity contribution in [3.8, 4) is 0 Å². The van der Waals surface area contributed by atoms with Crippen LogP contribution in [-0.2, 0) is 6.54 Å². The summed E-state index contributed by atoms with van der Waals surface area (Å²) >= 11 is 8.86. The van der Waals surface area contributed by atoms with E-state index in [1.807, 2.05) is 0 Å². The molecule has 1 aliphatic rings. The molecule has 18 heavy (non-hydrogen) atoms. The standard InChI is InChI=1S/C13H20Br2N2S/c1-10(17-5-3-2-4-6-17)8-16-9-11-7-12(14)13(15)18-11/h7,10,16H,2-6,8-9H2,1H3. The SMILES string of the molecule is CC(CNCc1cc(Br)c(Br)s1)N1CCCCC1. The van der Waals surface area contributed by atoms with Gasteiger partial charge in [-0.2, -0.15) is 0 Å². The van der Waals surface area contributed by atoms with E-state index in [1.165, 1.54) is 41.0 Å². The minimum Gasteiger partial charge on any atom is -0.310 e. The number of hydrogen-bond acceptors (Lipinski definition) is 3. The van der Waals surface area contributed by atoms with Crippen LogP contribution in [0, 0.1) is 0 Å². The second-order valence-electron chi connectivity index (χ2n) is 4.91. The highest BCUT2D eigenvalue weighted by Gasteiger charge is 2.16. The fourth-order valence-electron chi connectivity index (χ4n) is 2.37. The van der Waals surface area contributed by atoms with Crippen LogP contribution in [0.2, 0.25) is 0 Å². The van der Waals surface area contributed by atoms with Gasteiger partial charge in [-0.15, -0.1) is 11.3 Å². The van der Waals surface area contributed by atoms with Crippen LogP contribution < -0.4 is 5.32 Å². The van der Waals surface area contributed by atoms with Crippen LogP contribution in [0.1, 0.15) is 31.1 Å². The fraction of sp³-hybridized carbons (Fsp3) is 0.692. The topological polar surface area (TPSA) is 15.3 Å². The predicted octanol–water partition coefficient (Wildman–Crippen LogP) is 4.24. The normalized spacial score (nSPS) is 19.1. The summed E-state index contributed by atoms with van der Waals surface area (Å²) in [5.74, 6) is 0. The molecular weight excluding hydrogens is 376 g/mol. The Morgan fingerprint density at radius 1 is 1.33 bits per heavy atom. The lowest BCUT2D eigenvalue weighted by molar-refractivity contribution is 0.171. The summed E-state index contributed by atoms with van der Waals surface area (Å²) in [5.41, 5.74) is 0. The number of nitrogens with one attached hydrogen (secondary N) is 1. The van der Waals surface area contributed by atoms with Crippen LogP contribution in [0.5, 0.6) is 0 Å². The lowest BCUT2D eigenvalue weighted by Crippen LogP contribution is -2.42. The van der Waals surface area contributed by atoms with Crippen molar-refractivity contribution in [1.29, 1.82) is 0 Å². The van der Waals surface area contributed by atoms with Crippen molar-refractivity contribution in [2.45, 2.75) is 38.8 Å². The quantitative estimate of drug-likeness (QED) is 0.801. The fourth-order valence-corrected chi connectivity index (χ4v) is 4.52. The maximum Gasteiger partial charge on any atom is 0.0843 e. The van der Waals surface area contributed by atoms with E-state index >= 15 is 0 Å². The molecule has 0 amide bonds. The largest absolute Gasteiger partial charge is 0.310 e. The minimum atomic E-state index is 0.650. The number of likely N-dealkylation sites (tertiary alicyclic amines) is 1. The molecule has 1 aromatic rings. The van der Waals surface area contributed by atoms with Crippen molar-refractivity contribution in [2.24, 2.45) is 0 Å². The highest BCUT2D eigenvalue weighted by molar-refractivity contribution is 9.13. The van der Waals surface area contributed by atoms with E-state index in [-0.39, 0.29) is 0 Å². The minimum absolute atomic E-state index is 0.650. The van der Waals surface area contributed by atoms with E-state index in [9.17, 15) is 0 Å². The number of rotatable bonds is 5. The van der Waals surface area contributed by atoms with Crippen LogP contribution in [-0.4, -0.2) is 30.6 Å². The van der Waals surface area contributed by atoms with Gasteiger partial charge in [0.25, 0.3) is 0 Å². The Morgan fingerprint density at radius 3 is 2.67 bits per heavy atom. The summed E-state index contributed by atoms with van der Waals surface area (Å²) in [6.45, 7) is 6.93. The average Bonchev–Trinajstić information content (AvgIpc) is 2.69. The summed E-state index contributed by atoms with van der Waals surface area (Å²) in [5, 5.41) is 3.57. The van der Waals surface area contributed by atoms with Gasteiger partial charge in [-0.3, -0.25) is 4.90 Å². The Labute approximate surface area is 130 Å². The van der Waals surface area contributed by atoms with Crippen molar-refractivity contribution in [1.82, 2.24) is 10.2 Å². The van der Waals surface area contributed by atoms with Gasteiger partial charge in [0.15, 0.2) is 0 Å². The first-order valence-corrected chi connectivity index (χ1v) is 8.95. The summed E-state index contributed by atoms with van der Waals surface area (Å²) < 4.78 is 2.34. The molecule has 1 fully saturated rings. The monoisotopic (exact) mass is 394 g/mol. The highest BCUT2D eigenvalue weighted by Crippen LogP contribution is 2.32. The highest BCUT2D eigenvalue weighted by atomic mass is 79.9. The first-order valence-electron chi connectivity index (χ1n) is 6.55. The number of nitrogens with zero attached hydrogens (tertiary/aromatic N) is 1. The van der Waals surface area contributed by atoms with Gasteiger partial charge in [0.2, 0.25) is 0 Å². The van der Waals surface area contributed by atoms with E-state index in [4.69, 9.17) is 0 Å². The van der Waals surface area contributed by atoms with Crippen LogP contribution in [0.3, 0.4) is 0 Å². The molecule has 1 saturated heterocycles. The van der Waals surface area contributed by atoms with Gasteiger partial charge in [-0.1, -0.05) is 6.42 Å². The molecule has 1 N–H and O–H groups in total. The van der Waals surface area contributed by atoms with Gasteiger partial charge in [0, 0.05) is 28.5 Å². The lowest BCUT2D eigenvalue weighted by atomic mass is 10.1. The molecule has 1 atom stereocenters. The number of hydrogen-bond donors (Lipinski definition) is 1. The second kappa shape index (κ2) is 7.39. The summed E-state index contributed by atoms with van der Waals surface area (Å²) in [4.78, 5) is 3.98. The zero-order valence-electron chi connectivity index (χ0n) is 10.7. The first-order chi connectivity index (χ1) is 8.66. The smallest absolute Gasteiger partial charge is 0.0843 e. The first kappa shape index (κ1) is 15.0. The average molecular weight is 396 g/mol. The molecule has 1 aromatic heterocycles. The van der Waals surface area contributed by atoms with Crippen LogP contribution in [0.25, 0.3) is 0 Å². The summed E-state index contributed by atoms with van der Waals surface area (Å²) in [6.07, 6.45) is 4.15. The third kappa shape index (κ3) is 4.30. The number of piperidine rings is 1. The molecule has 0 bridgehead atoms. The van der Waals surface area contributed by atoms with Gasteiger partial charge >= 0.3 is 0 Å². The molecule has 1 aliphatic heterocycles. The lowest BCUT2D eigenvalue weighted by Gasteiger charge is -2.32.